The van der Waals surface area contributed by atoms with E-state index in [1.54, 1.807) is 12.1 Å². The van der Waals surface area contributed by atoms with Crippen molar-refractivity contribution in [3.05, 3.63) is 29.3 Å². The first kappa shape index (κ1) is 21.5. The molecule has 31 heavy (non-hydrogen) atoms. The normalized spacial score (nSPS) is 33.5. The molecule has 4 rings (SSSR count). The lowest BCUT2D eigenvalue weighted by Gasteiger charge is -2.49. The second-order valence-electron chi connectivity index (χ2n) is 9.30. The number of fused-ring (bicyclic) bond motifs is 5. The summed E-state index contributed by atoms with van der Waals surface area (Å²) >= 11 is 0. The van der Waals surface area contributed by atoms with Crippen molar-refractivity contribution in [3.8, 4) is 5.75 Å². The van der Waals surface area contributed by atoms with Crippen LogP contribution in [0.2, 0.25) is 0 Å². The highest BCUT2D eigenvalue weighted by atomic mass is 16.6. The predicted molar refractivity (Wildman–Crippen MR) is 109 cm³/mol. The minimum atomic E-state index is -0.511. The van der Waals surface area contributed by atoms with Gasteiger partial charge in [-0.1, -0.05) is 13.0 Å². The van der Waals surface area contributed by atoms with Gasteiger partial charge in [-0.25, -0.2) is 0 Å². The third kappa shape index (κ3) is 3.75. The van der Waals surface area contributed by atoms with Crippen molar-refractivity contribution in [2.24, 2.45) is 17.3 Å². The average Bonchev–Trinajstić information content (AvgIpc) is 2.93. The van der Waals surface area contributed by atoms with E-state index in [-0.39, 0.29) is 29.0 Å². The van der Waals surface area contributed by atoms with E-state index in [1.807, 2.05) is 6.07 Å². The lowest BCUT2D eigenvalue weighted by atomic mass is 9.55. The summed E-state index contributed by atoms with van der Waals surface area (Å²) in [7, 11) is 0. The number of carbonyl (C=O) groups is 4. The Morgan fingerprint density at radius 2 is 1.74 bits per heavy atom. The maximum Gasteiger partial charge on any atom is 0.308 e. The monoisotopic (exact) mass is 428 g/mol. The highest BCUT2D eigenvalue weighted by molar-refractivity contribution is 5.99. The molecule has 0 aliphatic heterocycles. The van der Waals surface area contributed by atoms with E-state index < -0.39 is 30.1 Å². The maximum absolute atomic E-state index is 13.1. The lowest BCUT2D eigenvalue weighted by Crippen LogP contribution is -2.47. The van der Waals surface area contributed by atoms with Gasteiger partial charge >= 0.3 is 17.9 Å². The molecule has 2 fully saturated rings. The third-order valence-corrected chi connectivity index (χ3v) is 7.37. The van der Waals surface area contributed by atoms with Gasteiger partial charge < -0.3 is 14.2 Å². The van der Waals surface area contributed by atoms with Crippen LogP contribution in [0.25, 0.3) is 0 Å². The van der Waals surface area contributed by atoms with Crippen molar-refractivity contribution in [2.75, 3.05) is 0 Å². The zero-order chi connectivity index (χ0) is 22.5. The molecule has 7 heteroatoms. The quantitative estimate of drug-likeness (QED) is 0.536. The highest BCUT2D eigenvalue weighted by Crippen LogP contribution is 2.62. The lowest BCUT2D eigenvalue weighted by molar-refractivity contribution is -0.171. The van der Waals surface area contributed by atoms with E-state index in [1.165, 1.54) is 20.8 Å². The van der Waals surface area contributed by atoms with Gasteiger partial charge in [-0.15, -0.1) is 0 Å². The van der Waals surface area contributed by atoms with Crippen molar-refractivity contribution in [1.82, 2.24) is 0 Å². The SMILES string of the molecule is CC(=O)Oc1ccc2c(c1)C(=O)C[C@H]1[C@@H]2CC[C@]2(C)[C@@H]1C[C@@H](OC(C)=O)[C@@H]2OC(C)=O. The summed E-state index contributed by atoms with van der Waals surface area (Å²) in [6.45, 7) is 6.15. The molecule has 6 atom stereocenters. The van der Waals surface area contributed by atoms with Crippen molar-refractivity contribution >= 4 is 23.7 Å². The molecular formula is C24H28O7. The Labute approximate surface area is 181 Å². The topological polar surface area (TPSA) is 96.0 Å². The number of rotatable bonds is 3. The molecule has 0 N–H and O–H groups in total. The number of hydrogen-bond acceptors (Lipinski definition) is 7. The van der Waals surface area contributed by atoms with Crippen molar-refractivity contribution in [2.45, 2.75) is 71.5 Å². The van der Waals surface area contributed by atoms with Crippen LogP contribution in [0.3, 0.4) is 0 Å². The van der Waals surface area contributed by atoms with Gasteiger partial charge in [0.25, 0.3) is 0 Å². The van der Waals surface area contributed by atoms with Gasteiger partial charge in [-0.2, -0.15) is 0 Å². The molecule has 0 saturated heterocycles. The summed E-state index contributed by atoms with van der Waals surface area (Å²) < 4.78 is 16.4. The van der Waals surface area contributed by atoms with Gasteiger partial charge in [0.1, 0.15) is 18.0 Å². The fourth-order valence-electron chi connectivity index (χ4n) is 6.27. The summed E-state index contributed by atoms with van der Waals surface area (Å²) in [5.74, 6) is -0.459. The summed E-state index contributed by atoms with van der Waals surface area (Å²) in [6.07, 6.45) is 1.58. The van der Waals surface area contributed by atoms with Crippen LogP contribution in [0, 0.1) is 17.3 Å². The zero-order valence-corrected chi connectivity index (χ0v) is 18.3. The Morgan fingerprint density at radius 1 is 1.03 bits per heavy atom. The van der Waals surface area contributed by atoms with Crippen LogP contribution in [-0.2, 0) is 23.9 Å². The zero-order valence-electron chi connectivity index (χ0n) is 18.3. The number of benzene rings is 1. The van der Waals surface area contributed by atoms with Crippen molar-refractivity contribution in [1.29, 1.82) is 0 Å². The van der Waals surface area contributed by atoms with Gasteiger partial charge in [0.2, 0.25) is 0 Å². The molecule has 0 radical (unpaired) electrons. The predicted octanol–water partition coefficient (Wildman–Crippen LogP) is 3.58. The second-order valence-corrected chi connectivity index (χ2v) is 9.30. The fourth-order valence-corrected chi connectivity index (χ4v) is 6.27. The Kier molecular flexibility index (Phi) is 5.40. The Morgan fingerprint density at radius 3 is 2.39 bits per heavy atom. The Bertz CT molecular complexity index is 951. The molecule has 1 aromatic carbocycles. The van der Waals surface area contributed by atoms with Gasteiger partial charge in [0, 0.05) is 38.2 Å². The van der Waals surface area contributed by atoms with Crippen LogP contribution < -0.4 is 4.74 Å². The van der Waals surface area contributed by atoms with E-state index >= 15 is 0 Å². The fraction of sp³-hybridized carbons (Fsp3) is 0.583. The van der Waals surface area contributed by atoms with Crippen LogP contribution in [0.15, 0.2) is 18.2 Å². The first-order chi connectivity index (χ1) is 14.6. The van der Waals surface area contributed by atoms with Crippen LogP contribution in [-0.4, -0.2) is 35.9 Å². The molecular weight excluding hydrogens is 400 g/mol. The third-order valence-electron chi connectivity index (χ3n) is 7.37. The van der Waals surface area contributed by atoms with E-state index in [9.17, 15) is 19.2 Å². The molecule has 7 nitrogen and oxygen atoms in total. The minimum Gasteiger partial charge on any atom is -0.459 e. The number of ether oxygens (including phenoxy) is 3. The first-order valence-corrected chi connectivity index (χ1v) is 10.8. The minimum absolute atomic E-state index is 0.0227. The van der Waals surface area contributed by atoms with Crippen LogP contribution in [0.4, 0.5) is 0 Å². The average molecular weight is 428 g/mol. The number of Topliss-reactive ketones (excluding diaryl/α,β-unsaturated/α-hetero) is 1. The molecule has 0 bridgehead atoms. The summed E-state index contributed by atoms with van der Waals surface area (Å²) in [6, 6.07) is 5.30. The molecule has 0 spiro atoms. The molecule has 0 aromatic heterocycles. The first-order valence-electron chi connectivity index (χ1n) is 10.8. The van der Waals surface area contributed by atoms with E-state index in [0.29, 0.717) is 24.2 Å². The van der Waals surface area contributed by atoms with Gasteiger partial charge in [0.15, 0.2) is 5.78 Å². The summed E-state index contributed by atoms with van der Waals surface area (Å²) in [4.78, 5) is 47.9. The molecule has 1 aromatic rings. The van der Waals surface area contributed by atoms with Crippen LogP contribution in [0.5, 0.6) is 5.75 Å². The number of hydrogen-bond donors (Lipinski definition) is 0. The molecule has 2 saturated carbocycles. The van der Waals surface area contributed by atoms with Crippen LogP contribution >= 0.6 is 0 Å². The Balaban J connectivity index is 1.67. The Hall–Kier alpha value is -2.70. The second kappa shape index (κ2) is 7.77. The number of esters is 3. The largest absolute Gasteiger partial charge is 0.459 e. The molecule has 0 unspecified atom stereocenters. The van der Waals surface area contributed by atoms with E-state index in [4.69, 9.17) is 14.2 Å². The van der Waals surface area contributed by atoms with Crippen molar-refractivity contribution < 1.29 is 33.4 Å². The molecule has 166 valence electrons. The number of ketones is 1. The van der Waals surface area contributed by atoms with Crippen molar-refractivity contribution in [3.63, 3.8) is 0 Å². The van der Waals surface area contributed by atoms with E-state index in [0.717, 1.165) is 18.4 Å². The molecule has 3 aliphatic carbocycles. The highest BCUT2D eigenvalue weighted by Gasteiger charge is 2.61. The molecule has 0 amide bonds. The van der Waals surface area contributed by atoms with Gasteiger partial charge in [-0.3, -0.25) is 19.2 Å². The van der Waals surface area contributed by atoms with Crippen LogP contribution in [0.1, 0.15) is 75.2 Å². The maximum atomic E-state index is 13.1. The number of carbonyl (C=O) groups excluding carboxylic acids is 4. The van der Waals surface area contributed by atoms with Gasteiger partial charge in [-0.05, 0) is 54.7 Å². The van der Waals surface area contributed by atoms with E-state index in [2.05, 4.69) is 6.92 Å². The molecule has 0 heterocycles. The standard InChI is InChI=1S/C24H28O7/c1-12(25)29-15-5-6-16-17-7-8-24(4)20(18(17)10-21(28)19(16)9-15)11-22(30-13(2)26)23(24)31-14(3)27/h5-6,9,17-18,20,22-23H,7-8,10-11H2,1-4H3/t17-,18+,20-,22-,23+,24-/m1/s1. The smallest absolute Gasteiger partial charge is 0.308 e. The van der Waals surface area contributed by atoms with Gasteiger partial charge in [0.05, 0.1) is 0 Å². The molecule has 3 aliphatic rings. The summed E-state index contributed by atoms with van der Waals surface area (Å²) in [5, 5.41) is 0. The summed E-state index contributed by atoms with van der Waals surface area (Å²) in [5.41, 5.74) is 1.25.